The predicted octanol–water partition coefficient (Wildman–Crippen LogP) is 6.24. The second-order valence-electron chi connectivity index (χ2n) is 8.65. The Hall–Kier alpha value is -3.95. The van der Waals surface area contributed by atoms with Gasteiger partial charge in [-0.15, -0.1) is 0 Å². The number of esters is 1. The number of carbonyl (C=O) groups excluding carboxylic acids is 2. The van der Waals surface area contributed by atoms with Gasteiger partial charge in [-0.3, -0.25) is 0 Å². The number of carbonyl (C=O) groups is 2. The number of alkyl carbamates (subject to hydrolysis) is 1. The lowest BCUT2D eigenvalue weighted by atomic mass is 9.98. The summed E-state index contributed by atoms with van der Waals surface area (Å²) >= 11 is 0. The Morgan fingerprint density at radius 1 is 0.838 bits per heavy atom. The van der Waals surface area contributed by atoms with Crippen molar-refractivity contribution < 1.29 is 41.0 Å². The predicted molar refractivity (Wildman–Crippen MR) is 123 cm³/mol. The van der Waals surface area contributed by atoms with E-state index in [1.807, 2.05) is 48.5 Å². The van der Waals surface area contributed by atoms with Crippen molar-refractivity contribution in [1.82, 2.24) is 5.32 Å². The summed E-state index contributed by atoms with van der Waals surface area (Å²) in [5.74, 6) is -15.5. The lowest BCUT2D eigenvalue weighted by molar-refractivity contribution is -0.138. The SMILES string of the molecule is CCC(C)C(NC(=O)OCC1c2ccccc2-c2ccccc21)C(=O)Oc1c(F)c(F)c(F)c(F)c1F. The zero-order valence-electron chi connectivity index (χ0n) is 19.8. The van der Waals surface area contributed by atoms with E-state index < -0.39 is 58.9 Å². The number of amides is 1. The van der Waals surface area contributed by atoms with Crippen LogP contribution in [0, 0.1) is 35.0 Å². The van der Waals surface area contributed by atoms with E-state index in [2.05, 4.69) is 10.1 Å². The number of halogens is 5. The Morgan fingerprint density at radius 2 is 1.32 bits per heavy atom. The van der Waals surface area contributed by atoms with E-state index in [-0.39, 0.29) is 12.5 Å². The van der Waals surface area contributed by atoms with E-state index in [1.54, 1.807) is 6.92 Å². The standard InChI is InChI=1S/C27H22F5NO4/c1-3-13(2)24(26(34)37-25-22(31)20(29)19(28)21(30)23(25)32)33-27(35)36-12-18-16-10-6-4-8-14(16)15-9-5-7-11-17(15)18/h4-11,13,18,24H,3,12H2,1-2H3,(H,33,35). The minimum absolute atomic E-state index is 0.0697. The molecule has 1 aliphatic rings. The molecule has 1 N–H and O–H groups in total. The fraction of sp³-hybridized carbons (Fsp3) is 0.259. The number of hydrogen-bond acceptors (Lipinski definition) is 4. The van der Waals surface area contributed by atoms with Crippen molar-refractivity contribution in [3.8, 4) is 16.9 Å². The molecule has 3 aromatic carbocycles. The van der Waals surface area contributed by atoms with Crippen LogP contribution in [0.5, 0.6) is 5.75 Å². The maximum Gasteiger partial charge on any atom is 0.407 e. The van der Waals surface area contributed by atoms with Gasteiger partial charge in [0, 0.05) is 5.92 Å². The number of fused-ring (bicyclic) bond motifs is 3. The quantitative estimate of drug-likeness (QED) is 0.132. The minimum atomic E-state index is -2.38. The van der Waals surface area contributed by atoms with Crippen molar-refractivity contribution in [2.45, 2.75) is 32.2 Å². The van der Waals surface area contributed by atoms with E-state index >= 15 is 0 Å². The Kier molecular flexibility index (Phi) is 7.47. The Bertz CT molecular complexity index is 1290. The zero-order chi connectivity index (χ0) is 26.9. The number of rotatable bonds is 7. The minimum Gasteiger partial charge on any atom is -0.449 e. The van der Waals surface area contributed by atoms with Crippen LogP contribution in [0.25, 0.3) is 11.1 Å². The van der Waals surface area contributed by atoms with Crippen LogP contribution >= 0.6 is 0 Å². The molecule has 0 bridgehead atoms. The molecular weight excluding hydrogens is 497 g/mol. The van der Waals surface area contributed by atoms with Gasteiger partial charge in [0.15, 0.2) is 0 Å². The molecule has 0 spiro atoms. The van der Waals surface area contributed by atoms with E-state index in [0.29, 0.717) is 6.42 Å². The molecule has 37 heavy (non-hydrogen) atoms. The summed E-state index contributed by atoms with van der Waals surface area (Å²) in [5, 5.41) is 2.30. The number of nitrogens with one attached hydrogen (secondary N) is 1. The highest BCUT2D eigenvalue weighted by Crippen LogP contribution is 2.44. The van der Waals surface area contributed by atoms with Crippen LogP contribution < -0.4 is 10.1 Å². The van der Waals surface area contributed by atoms with E-state index in [1.165, 1.54) is 6.92 Å². The third kappa shape index (κ3) is 4.87. The summed E-state index contributed by atoms with van der Waals surface area (Å²) < 4.78 is 78.2. The van der Waals surface area contributed by atoms with Crippen LogP contribution in [-0.2, 0) is 9.53 Å². The molecule has 3 aromatic rings. The first-order valence-electron chi connectivity index (χ1n) is 11.5. The van der Waals surface area contributed by atoms with Gasteiger partial charge >= 0.3 is 12.1 Å². The Morgan fingerprint density at radius 3 is 1.84 bits per heavy atom. The molecule has 0 radical (unpaired) electrons. The van der Waals surface area contributed by atoms with E-state index in [0.717, 1.165) is 22.3 Å². The maximum atomic E-state index is 14.0. The molecule has 0 fully saturated rings. The molecule has 1 amide bonds. The van der Waals surface area contributed by atoms with Crippen molar-refractivity contribution in [2.75, 3.05) is 6.61 Å². The van der Waals surface area contributed by atoms with Gasteiger partial charge in [-0.05, 0) is 28.2 Å². The molecule has 194 valence electrons. The Balaban J connectivity index is 1.49. The molecule has 2 unspecified atom stereocenters. The first-order chi connectivity index (χ1) is 17.6. The first-order valence-corrected chi connectivity index (χ1v) is 11.5. The van der Waals surface area contributed by atoms with Crippen molar-refractivity contribution >= 4 is 12.1 Å². The van der Waals surface area contributed by atoms with Crippen molar-refractivity contribution in [1.29, 1.82) is 0 Å². The summed E-state index contributed by atoms with van der Waals surface area (Å²) in [5.41, 5.74) is 3.94. The molecule has 0 aliphatic heterocycles. The van der Waals surface area contributed by atoms with Crippen LogP contribution in [0.2, 0.25) is 0 Å². The first kappa shape index (κ1) is 26.1. The van der Waals surface area contributed by atoms with Crippen molar-refractivity contribution in [3.63, 3.8) is 0 Å². The lowest BCUT2D eigenvalue weighted by Crippen LogP contribution is -2.47. The highest BCUT2D eigenvalue weighted by Gasteiger charge is 2.34. The summed E-state index contributed by atoms with van der Waals surface area (Å²) in [6.07, 6.45) is -0.706. The second kappa shape index (κ2) is 10.6. The third-order valence-corrected chi connectivity index (χ3v) is 6.46. The average molecular weight is 519 g/mol. The normalized spacial score (nSPS) is 13.9. The highest BCUT2D eigenvalue weighted by atomic mass is 19.2. The van der Waals surface area contributed by atoms with Crippen LogP contribution in [0.1, 0.15) is 37.3 Å². The Labute approximate surface area is 209 Å². The summed E-state index contributed by atoms with van der Waals surface area (Å²) in [6, 6.07) is 13.8. The monoisotopic (exact) mass is 519 g/mol. The van der Waals surface area contributed by atoms with Crippen LogP contribution in [-0.4, -0.2) is 24.7 Å². The number of ether oxygens (including phenoxy) is 2. The van der Waals surface area contributed by atoms with Gasteiger partial charge in [-0.25, -0.2) is 22.8 Å². The molecule has 0 aromatic heterocycles. The average Bonchev–Trinajstić information content (AvgIpc) is 3.23. The van der Waals surface area contributed by atoms with Crippen molar-refractivity contribution in [3.05, 3.63) is 88.7 Å². The topological polar surface area (TPSA) is 64.6 Å². The van der Waals surface area contributed by atoms with E-state index in [4.69, 9.17) is 4.74 Å². The van der Waals surface area contributed by atoms with Gasteiger partial charge in [0.1, 0.15) is 12.6 Å². The van der Waals surface area contributed by atoms with Crippen LogP contribution in [0.15, 0.2) is 48.5 Å². The molecule has 0 saturated carbocycles. The molecule has 10 heteroatoms. The molecule has 5 nitrogen and oxygen atoms in total. The highest BCUT2D eigenvalue weighted by molar-refractivity contribution is 5.83. The molecule has 1 aliphatic carbocycles. The molecule has 2 atom stereocenters. The van der Waals surface area contributed by atoms with Gasteiger partial charge in [-0.1, -0.05) is 68.8 Å². The largest absolute Gasteiger partial charge is 0.449 e. The smallest absolute Gasteiger partial charge is 0.407 e. The molecule has 0 heterocycles. The fourth-order valence-electron chi connectivity index (χ4n) is 4.27. The fourth-order valence-corrected chi connectivity index (χ4v) is 4.27. The van der Waals surface area contributed by atoms with Gasteiger partial charge in [-0.2, -0.15) is 8.78 Å². The zero-order valence-corrected chi connectivity index (χ0v) is 19.8. The van der Waals surface area contributed by atoms with Crippen LogP contribution in [0.3, 0.4) is 0 Å². The number of benzene rings is 3. The maximum absolute atomic E-state index is 14.0. The van der Waals surface area contributed by atoms with Crippen molar-refractivity contribution in [2.24, 2.45) is 5.92 Å². The van der Waals surface area contributed by atoms with Gasteiger partial charge in [0.2, 0.25) is 34.8 Å². The summed E-state index contributed by atoms with van der Waals surface area (Å²) in [7, 11) is 0. The third-order valence-electron chi connectivity index (χ3n) is 6.46. The van der Waals surface area contributed by atoms with Crippen LogP contribution in [0.4, 0.5) is 26.7 Å². The van der Waals surface area contributed by atoms with Gasteiger partial charge < -0.3 is 14.8 Å². The molecule has 4 rings (SSSR count). The number of hydrogen-bond donors (Lipinski definition) is 1. The summed E-state index contributed by atoms with van der Waals surface area (Å²) in [4.78, 5) is 25.3. The van der Waals surface area contributed by atoms with Gasteiger partial charge in [0.25, 0.3) is 0 Å². The lowest BCUT2D eigenvalue weighted by Gasteiger charge is -2.23. The van der Waals surface area contributed by atoms with Gasteiger partial charge in [0.05, 0.1) is 0 Å². The van der Waals surface area contributed by atoms with E-state index in [9.17, 15) is 31.5 Å². The summed E-state index contributed by atoms with van der Waals surface area (Å²) in [6.45, 7) is 3.14. The molecule has 0 saturated heterocycles. The second-order valence-corrected chi connectivity index (χ2v) is 8.65. The molecular formula is C27H22F5NO4.